The first-order valence-corrected chi connectivity index (χ1v) is 4.80. The Kier molecular flexibility index (Phi) is 2.36. The van der Waals surface area contributed by atoms with Crippen LogP contribution < -0.4 is 0 Å². The van der Waals surface area contributed by atoms with Gasteiger partial charge in [-0.05, 0) is 19.1 Å². The first-order valence-electron chi connectivity index (χ1n) is 4.43. The van der Waals surface area contributed by atoms with Crippen LogP contribution >= 0.6 is 11.6 Å². The Balaban J connectivity index is 2.64. The fourth-order valence-corrected chi connectivity index (χ4v) is 1.69. The molecule has 5 heteroatoms. The molecule has 4 nitrogen and oxygen atoms in total. The molecule has 0 radical (unpaired) electrons. The molecule has 0 unspecified atom stereocenters. The summed E-state index contributed by atoms with van der Waals surface area (Å²) in [5.74, 6) is 0.654. The van der Waals surface area contributed by atoms with E-state index in [1.807, 2.05) is 0 Å². The zero-order chi connectivity index (χ0) is 11.0. The van der Waals surface area contributed by atoms with Crippen molar-refractivity contribution in [2.24, 2.45) is 0 Å². The van der Waals surface area contributed by atoms with Gasteiger partial charge in [0.2, 0.25) is 0 Å². The molecule has 2 heterocycles. The van der Waals surface area contributed by atoms with Crippen molar-refractivity contribution in [3.05, 3.63) is 29.3 Å². The van der Waals surface area contributed by atoms with Crippen molar-refractivity contribution in [1.29, 1.82) is 0 Å². The standard InChI is InChI=1S/C10H9ClN2O2/c1-6(14)4-9-12-10(11)8-3-2-7(15)5-13(8)9/h2-3,5,15H,4H2,1H3. The number of imidazole rings is 1. The van der Waals surface area contributed by atoms with Gasteiger partial charge in [0.05, 0.1) is 18.1 Å². The zero-order valence-electron chi connectivity index (χ0n) is 8.07. The molecule has 2 rings (SSSR count). The van der Waals surface area contributed by atoms with E-state index >= 15 is 0 Å². The second-order valence-electron chi connectivity index (χ2n) is 3.34. The summed E-state index contributed by atoms with van der Waals surface area (Å²) in [6.07, 6.45) is 1.70. The number of hydrogen-bond acceptors (Lipinski definition) is 3. The number of Topliss-reactive ketones (excluding diaryl/α,β-unsaturated/α-hetero) is 1. The van der Waals surface area contributed by atoms with E-state index in [2.05, 4.69) is 4.98 Å². The van der Waals surface area contributed by atoms with Crippen LogP contribution in [0.3, 0.4) is 0 Å². The minimum atomic E-state index is 0.00177. The van der Waals surface area contributed by atoms with Crippen molar-refractivity contribution < 1.29 is 9.90 Å². The molecule has 78 valence electrons. The number of halogens is 1. The number of aromatic hydroxyl groups is 1. The molecule has 0 aromatic carbocycles. The summed E-state index contributed by atoms with van der Waals surface area (Å²) in [5.41, 5.74) is 0.686. The molecule has 0 aliphatic carbocycles. The van der Waals surface area contributed by atoms with E-state index in [9.17, 15) is 9.90 Å². The molecule has 0 bridgehead atoms. The SMILES string of the molecule is CC(=O)Cc1nc(Cl)c2ccc(O)cn12. The molecular formula is C10H9ClN2O2. The molecule has 0 saturated heterocycles. The van der Waals surface area contributed by atoms with Crippen LogP contribution in [0.1, 0.15) is 12.7 Å². The number of aromatic nitrogens is 2. The monoisotopic (exact) mass is 224 g/mol. The van der Waals surface area contributed by atoms with Crippen LogP contribution in [-0.2, 0) is 11.2 Å². The van der Waals surface area contributed by atoms with Crippen molar-refractivity contribution in [1.82, 2.24) is 9.38 Å². The van der Waals surface area contributed by atoms with E-state index in [0.29, 0.717) is 16.5 Å². The third-order valence-corrected chi connectivity index (χ3v) is 2.33. The van der Waals surface area contributed by atoms with Crippen molar-refractivity contribution in [2.75, 3.05) is 0 Å². The average molecular weight is 225 g/mol. The Morgan fingerprint density at radius 2 is 2.33 bits per heavy atom. The Hall–Kier alpha value is -1.55. The van der Waals surface area contributed by atoms with Gasteiger partial charge in [-0.25, -0.2) is 4.98 Å². The molecule has 2 aromatic rings. The Morgan fingerprint density at radius 3 is 3.00 bits per heavy atom. The molecule has 0 aliphatic heterocycles. The Morgan fingerprint density at radius 1 is 1.60 bits per heavy atom. The minimum absolute atomic E-state index is 0.00177. The van der Waals surface area contributed by atoms with Crippen LogP contribution in [0.15, 0.2) is 18.3 Å². The van der Waals surface area contributed by atoms with Crippen LogP contribution in [0, 0.1) is 0 Å². The fraction of sp³-hybridized carbons (Fsp3) is 0.200. The number of hydrogen-bond donors (Lipinski definition) is 1. The zero-order valence-corrected chi connectivity index (χ0v) is 8.82. The molecule has 0 fully saturated rings. The van der Waals surface area contributed by atoms with Gasteiger partial charge in [0, 0.05) is 0 Å². The van der Waals surface area contributed by atoms with E-state index < -0.39 is 0 Å². The number of ketones is 1. The molecular weight excluding hydrogens is 216 g/mol. The third-order valence-electron chi connectivity index (χ3n) is 2.06. The summed E-state index contributed by atoms with van der Waals surface area (Å²) < 4.78 is 1.62. The highest BCUT2D eigenvalue weighted by Gasteiger charge is 2.10. The summed E-state index contributed by atoms with van der Waals surface area (Å²) in [4.78, 5) is 15.1. The largest absolute Gasteiger partial charge is 0.506 e. The van der Waals surface area contributed by atoms with Crippen LogP contribution in [0.5, 0.6) is 5.75 Å². The van der Waals surface area contributed by atoms with Gasteiger partial charge in [-0.1, -0.05) is 11.6 Å². The van der Waals surface area contributed by atoms with E-state index in [4.69, 9.17) is 11.6 Å². The van der Waals surface area contributed by atoms with Gasteiger partial charge in [0.1, 0.15) is 17.4 Å². The molecule has 0 saturated carbocycles. The van der Waals surface area contributed by atoms with Crippen molar-refractivity contribution in [3.63, 3.8) is 0 Å². The smallest absolute Gasteiger partial charge is 0.155 e. The summed E-state index contributed by atoms with van der Waals surface area (Å²) in [5, 5.41) is 9.66. The summed E-state index contributed by atoms with van der Waals surface area (Å²) in [7, 11) is 0. The van der Waals surface area contributed by atoms with Crippen LogP contribution in [0.25, 0.3) is 5.52 Å². The molecule has 15 heavy (non-hydrogen) atoms. The maximum absolute atomic E-state index is 11.0. The fourth-order valence-electron chi connectivity index (χ4n) is 1.44. The number of pyridine rings is 1. The quantitative estimate of drug-likeness (QED) is 0.847. The van der Waals surface area contributed by atoms with Crippen molar-refractivity contribution in [2.45, 2.75) is 13.3 Å². The topological polar surface area (TPSA) is 54.6 Å². The first-order chi connectivity index (χ1) is 7.08. The van der Waals surface area contributed by atoms with E-state index in [0.717, 1.165) is 0 Å². The highest BCUT2D eigenvalue weighted by molar-refractivity contribution is 6.32. The lowest BCUT2D eigenvalue weighted by Crippen LogP contribution is -2.01. The van der Waals surface area contributed by atoms with Gasteiger partial charge < -0.3 is 5.11 Å². The molecule has 0 atom stereocenters. The van der Waals surface area contributed by atoms with Gasteiger partial charge in [0.25, 0.3) is 0 Å². The minimum Gasteiger partial charge on any atom is -0.506 e. The Labute approximate surface area is 91.1 Å². The number of carbonyl (C=O) groups is 1. The Bertz CT molecular complexity index is 533. The number of nitrogens with zero attached hydrogens (tertiary/aromatic N) is 2. The van der Waals surface area contributed by atoms with Crippen LogP contribution in [0.4, 0.5) is 0 Å². The third kappa shape index (κ3) is 1.80. The van der Waals surface area contributed by atoms with Gasteiger partial charge in [-0.15, -0.1) is 0 Å². The highest BCUT2D eigenvalue weighted by atomic mass is 35.5. The maximum Gasteiger partial charge on any atom is 0.155 e. The second kappa shape index (κ2) is 3.55. The lowest BCUT2D eigenvalue weighted by molar-refractivity contribution is -0.116. The normalized spacial score (nSPS) is 10.8. The van der Waals surface area contributed by atoms with Gasteiger partial charge in [0.15, 0.2) is 5.15 Å². The average Bonchev–Trinajstić information content (AvgIpc) is 2.42. The lowest BCUT2D eigenvalue weighted by atomic mass is 10.3. The summed E-state index contributed by atoms with van der Waals surface area (Å²) >= 11 is 5.89. The number of rotatable bonds is 2. The summed E-state index contributed by atoms with van der Waals surface area (Å²) in [6.45, 7) is 1.48. The number of carbonyl (C=O) groups excluding carboxylic acids is 1. The van der Waals surface area contributed by atoms with Gasteiger partial charge >= 0.3 is 0 Å². The van der Waals surface area contributed by atoms with E-state index in [1.165, 1.54) is 19.2 Å². The van der Waals surface area contributed by atoms with Gasteiger partial charge in [-0.2, -0.15) is 0 Å². The molecule has 2 aromatic heterocycles. The molecule has 0 spiro atoms. The van der Waals surface area contributed by atoms with Crippen molar-refractivity contribution >= 4 is 22.9 Å². The predicted octanol–water partition coefficient (Wildman–Crippen LogP) is 1.82. The number of fused-ring (bicyclic) bond motifs is 1. The summed E-state index contributed by atoms with van der Waals surface area (Å²) in [6, 6.07) is 3.19. The first kappa shape index (κ1) is 9.98. The predicted molar refractivity (Wildman–Crippen MR) is 56.3 cm³/mol. The molecule has 0 amide bonds. The van der Waals surface area contributed by atoms with Crippen molar-refractivity contribution in [3.8, 4) is 5.75 Å². The van der Waals surface area contributed by atoms with E-state index in [1.54, 1.807) is 10.5 Å². The van der Waals surface area contributed by atoms with Crippen LogP contribution in [0.2, 0.25) is 5.15 Å². The lowest BCUT2D eigenvalue weighted by Gasteiger charge is -1.99. The highest BCUT2D eigenvalue weighted by Crippen LogP contribution is 2.21. The van der Waals surface area contributed by atoms with Gasteiger partial charge in [-0.3, -0.25) is 9.20 Å². The second-order valence-corrected chi connectivity index (χ2v) is 3.70. The molecule has 0 aliphatic rings. The van der Waals surface area contributed by atoms with Crippen LogP contribution in [-0.4, -0.2) is 20.3 Å². The maximum atomic E-state index is 11.0. The van der Waals surface area contributed by atoms with E-state index in [-0.39, 0.29) is 18.0 Å². The molecule has 1 N–H and O–H groups in total.